The lowest BCUT2D eigenvalue weighted by Crippen LogP contribution is -2.10. The topological polar surface area (TPSA) is 49.8 Å². The van der Waals surface area contributed by atoms with Gasteiger partial charge >= 0.3 is 0 Å². The Morgan fingerprint density at radius 2 is 1.48 bits per heavy atom. The first-order chi connectivity index (χ1) is 11.3. The van der Waals surface area contributed by atoms with Gasteiger partial charge in [-0.3, -0.25) is 15.8 Å². The molecule has 112 valence electrons. The highest BCUT2D eigenvalue weighted by atomic mass is 19.1. The molecule has 0 radical (unpaired) electrons. The molecule has 4 rings (SSSR count). The molecule has 4 aromatic rings. The van der Waals surface area contributed by atoms with Gasteiger partial charge in [-0.05, 0) is 47.2 Å². The summed E-state index contributed by atoms with van der Waals surface area (Å²) in [5.74, 6) is 0.324. The highest BCUT2D eigenvalue weighted by Crippen LogP contribution is 2.21. The number of fused-ring (bicyclic) bond motifs is 2. The van der Waals surface area contributed by atoms with Crippen molar-refractivity contribution in [2.75, 3.05) is 10.9 Å². The summed E-state index contributed by atoms with van der Waals surface area (Å²) in [5, 5.41) is 2.26. The Balaban J connectivity index is 1.62. The van der Waals surface area contributed by atoms with Crippen LogP contribution in [0.15, 0.2) is 66.9 Å². The quantitative estimate of drug-likeness (QED) is 0.436. The van der Waals surface area contributed by atoms with E-state index in [9.17, 15) is 4.39 Å². The van der Waals surface area contributed by atoms with E-state index < -0.39 is 0 Å². The Hall–Kier alpha value is -3.21. The Morgan fingerprint density at radius 3 is 2.22 bits per heavy atom. The van der Waals surface area contributed by atoms with Crippen LogP contribution in [0.3, 0.4) is 0 Å². The number of benzene rings is 3. The molecule has 0 aliphatic rings. The summed E-state index contributed by atoms with van der Waals surface area (Å²) in [4.78, 5) is 8.98. The molecule has 0 atom stereocenters. The van der Waals surface area contributed by atoms with E-state index in [0.29, 0.717) is 5.82 Å². The summed E-state index contributed by atoms with van der Waals surface area (Å²) in [6.45, 7) is 0. The SMILES string of the molecule is Fc1ccc(NNc2cnc3cc4ccccc4cc3n2)cc1. The van der Waals surface area contributed by atoms with Crippen molar-refractivity contribution < 1.29 is 4.39 Å². The van der Waals surface area contributed by atoms with E-state index in [4.69, 9.17) is 0 Å². The van der Waals surface area contributed by atoms with Crippen LogP contribution in [0.4, 0.5) is 15.9 Å². The van der Waals surface area contributed by atoms with Crippen molar-refractivity contribution in [3.05, 3.63) is 72.7 Å². The molecule has 3 aromatic carbocycles. The van der Waals surface area contributed by atoms with Crippen molar-refractivity contribution in [2.45, 2.75) is 0 Å². The predicted octanol–water partition coefficient (Wildman–Crippen LogP) is 4.36. The number of rotatable bonds is 3. The Morgan fingerprint density at radius 1 is 0.783 bits per heavy atom. The van der Waals surface area contributed by atoms with Crippen LogP contribution in [0.2, 0.25) is 0 Å². The second-order valence-electron chi connectivity index (χ2n) is 5.20. The van der Waals surface area contributed by atoms with Crippen molar-refractivity contribution in [1.82, 2.24) is 9.97 Å². The van der Waals surface area contributed by atoms with E-state index in [1.807, 2.05) is 30.3 Å². The van der Waals surface area contributed by atoms with Crippen LogP contribution in [-0.2, 0) is 0 Å². The number of nitrogens with zero attached hydrogens (tertiary/aromatic N) is 2. The third-order valence-corrected chi connectivity index (χ3v) is 3.59. The predicted molar refractivity (Wildman–Crippen MR) is 90.7 cm³/mol. The maximum atomic E-state index is 12.9. The molecule has 0 saturated heterocycles. The zero-order chi connectivity index (χ0) is 15.6. The summed E-state index contributed by atoms with van der Waals surface area (Å²) >= 11 is 0. The van der Waals surface area contributed by atoms with Crippen LogP contribution in [0, 0.1) is 5.82 Å². The normalized spacial score (nSPS) is 10.8. The van der Waals surface area contributed by atoms with Crippen LogP contribution < -0.4 is 10.9 Å². The number of halogens is 1. The summed E-state index contributed by atoms with van der Waals surface area (Å²) in [5.41, 5.74) is 8.35. The van der Waals surface area contributed by atoms with Crippen molar-refractivity contribution in [3.63, 3.8) is 0 Å². The lowest BCUT2D eigenvalue weighted by Gasteiger charge is -2.09. The first-order valence-electron chi connectivity index (χ1n) is 7.21. The molecular formula is C18H13FN4. The molecule has 2 N–H and O–H groups in total. The summed E-state index contributed by atoms with van der Waals surface area (Å²) in [6.07, 6.45) is 1.66. The van der Waals surface area contributed by atoms with Crippen molar-refractivity contribution in [2.24, 2.45) is 0 Å². The first kappa shape index (κ1) is 13.5. The number of anilines is 2. The second-order valence-corrected chi connectivity index (χ2v) is 5.20. The Bertz CT molecular complexity index is 983. The largest absolute Gasteiger partial charge is 0.300 e. The zero-order valence-corrected chi connectivity index (χ0v) is 12.1. The lowest BCUT2D eigenvalue weighted by molar-refractivity contribution is 0.628. The second kappa shape index (κ2) is 5.53. The van der Waals surface area contributed by atoms with Gasteiger partial charge in [0.15, 0.2) is 5.82 Å². The van der Waals surface area contributed by atoms with E-state index in [0.717, 1.165) is 27.5 Å². The molecule has 0 unspecified atom stereocenters. The van der Waals surface area contributed by atoms with Gasteiger partial charge in [0.2, 0.25) is 0 Å². The maximum absolute atomic E-state index is 12.9. The minimum atomic E-state index is -0.270. The molecule has 1 heterocycles. The third kappa shape index (κ3) is 2.76. The molecule has 0 amide bonds. The molecule has 23 heavy (non-hydrogen) atoms. The number of aromatic nitrogens is 2. The van der Waals surface area contributed by atoms with Gasteiger partial charge in [-0.15, -0.1) is 0 Å². The highest BCUT2D eigenvalue weighted by molar-refractivity contribution is 5.95. The lowest BCUT2D eigenvalue weighted by atomic mass is 10.1. The molecular weight excluding hydrogens is 291 g/mol. The van der Waals surface area contributed by atoms with Crippen LogP contribution in [0.5, 0.6) is 0 Å². The Kier molecular flexibility index (Phi) is 3.24. The molecule has 0 aliphatic carbocycles. The van der Waals surface area contributed by atoms with Gasteiger partial charge in [0.1, 0.15) is 5.82 Å². The number of hydrogen-bond acceptors (Lipinski definition) is 4. The van der Waals surface area contributed by atoms with Gasteiger partial charge < -0.3 is 0 Å². The zero-order valence-electron chi connectivity index (χ0n) is 12.1. The minimum Gasteiger partial charge on any atom is -0.300 e. The summed E-state index contributed by atoms with van der Waals surface area (Å²) < 4.78 is 12.9. The molecule has 5 heteroatoms. The van der Waals surface area contributed by atoms with E-state index in [2.05, 4.69) is 26.9 Å². The molecule has 0 fully saturated rings. The van der Waals surface area contributed by atoms with Gasteiger partial charge in [-0.1, -0.05) is 24.3 Å². The van der Waals surface area contributed by atoms with Crippen molar-refractivity contribution >= 4 is 33.3 Å². The van der Waals surface area contributed by atoms with E-state index in [-0.39, 0.29) is 5.82 Å². The molecule has 4 nitrogen and oxygen atoms in total. The summed E-state index contributed by atoms with van der Waals surface area (Å²) in [6, 6.07) is 18.2. The van der Waals surface area contributed by atoms with Gasteiger partial charge in [-0.25, -0.2) is 9.37 Å². The van der Waals surface area contributed by atoms with Gasteiger partial charge in [0, 0.05) is 0 Å². The number of nitrogens with one attached hydrogen (secondary N) is 2. The van der Waals surface area contributed by atoms with Crippen molar-refractivity contribution in [3.8, 4) is 0 Å². The van der Waals surface area contributed by atoms with Crippen LogP contribution in [0.25, 0.3) is 21.8 Å². The third-order valence-electron chi connectivity index (χ3n) is 3.59. The van der Waals surface area contributed by atoms with Crippen LogP contribution >= 0.6 is 0 Å². The standard InChI is InChI=1S/C18H13FN4/c19-14-5-7-15(8-6-14)22-23-18-11-20-16-9-12-3-1-2-4-13(12)10-17(16)21-18/h1-11,22H,(H,21,23). The summed E-state index contributed by atoms with van der Waals surface area (Å²) in [7, 11) is 0. The van der Waals surface area contributed by atoms with Gasteiger partial charge in [0.05, 0.1) is 22.9 Å². The Labute approximate surface area is 132 Å². The fourth-order valence-corrected chi connectivity index (χ4v) is 2.43. The van der Waals surface area contributed by atoms with E-state index in [1.54, 1.807) is 18.3 Å². The van der Waals surface area contributed by atoms with Crippen LogP contribution in [0.1, 0.15) is 0 Å². The minimum absolute atomic E-state index is 0.270. The fourth-order valence-electron chi connectivity index (χ4n) is 2.43. The van der Waals surface area contributed by atoms with E-state index in [1.165, 1.54) is 12.1 Å². The number of hydrazine groups is 1. The average molecular weight is 304 g/mol. The molecule has 0 spiro atoms. The number of hydrogen-bond donors (Lipinski definition) is 2. The monoisotopic (exact) mass is 304 g/mol. The average Bonchev–Trinajstić information content (AvgIpc) is 2.59. The van der Waals surface area contributed by atoms with Crippen LogP contribution in [-0.4, -0.2) is 9.97 Å². The van der Waals surface area contributed by atoms with Gasteiger partial charge in [0.25, 0.3) is 0 Å². The van der Waals surface area contributed by atoms with E-state index >= 15 is 0 Å². The molecule has 0 saturated carbocycles. The van der Waals surface area contributed by atoms with Crippen molar-refractivity contribution in [1.29, 1.82) is 0 Å². The highest BCUT2D eigenvalue weighted by Gasteiger charge is 2.02. The van der Waals surface area contributed by atoms with Gasteiger partial charge in [-0.2, -0.15) is 0 Å². The maximum Gasteiger partial charge on any atom is 0.163 e. The molecule has 0 aliphatic heterocycles. The smallest absolute Gasteiger partial charge is 0.163 e. The molecule has 1 aromatic heterocycles. The first-order valence-corrected chi connectivity index (χ1v) is 7.21. The molecule has 0 bridgehead atoms. The fraction of sp³-hybridized carbons (Fsp3) is 0.